The van der Waals surface area contributed by atoms with Gasteiger partial charge in [-0.3, -0.25) is 4.79 Å². The fraction of sp³-hybridized carbons (Fsp3) is 0.929. The second kappa shape index (κ2) is 9.34. The summed E-state index contributed by atoms with van der Waals surface area (Å²) in [6.07, 6.45) is 8.04. The zero-order chi connectivity index (χ0) is 13.2. The van der Waals surface area contributed by atoms with E-state index >= 15 is 0 Å². The number of amides is 1. The minimum atomic E-state index is -0.327. The van der Waals surface area contributed by atoms with Gasteiger partial charge in [-0.15, -0.1) is 0 Å². The molecular weight excluding hydrogens is 228 g/mol. The molecule has 18 heavy (non-hydrogen) atoms. The Morgan fingerprint density at radius 1 is 1.22 bits per heavy atom. The van der Waals surface area contributed by atoms with Gasteiger partial charge in [0.05, 0.1) is 6.10 Å². The zero-order valence-electron chi connectivity index (χ0n) is 11.6. The molecule has 1 saturated carbocycles. The number of carbonyl (C=O) groups is 1. The highest BCUT2D eigenvalue weighted by Gasteiger charge is 2.15. The molecular formula is C14H28N2O2. The number of nitrogens with one attached hydrogen (secondary N) is 2. The van der Waals surface area contributed by atoms with Gasteiger partial charge in [0.15, 0.2) is 0 Å². The van der Waals surface area contributed by atoms with Gasteiger partial charge in [-0.25, -0.2) is 0 Å². The summed E-state index contributed by atoms with van der Waals surface area (Å²) in [4.78, 5) is 11.7. The van der Waals surface area contributed by atoms with Gasteiger partial charge < -0.3 is 15.7 Å². The van der Waals surface area contributed by atoms with Gasteiger partial charge >= 0.3 is 0 Å². The van der Waals surface area contributed by atoms with Crippen molar-refractivity contribution in [3.8, 4) is 0 Å². The van der Waals surface area contributed by atoms with Crippen molar-refractivity contribution in [2.45, 2.75) is 58.0 Å². The lowest BCUT2D eigenvalue weighted by Crippen LogP contribution is -2.35. The molecule has 4 nitrogen and oxygen atoms in total. The van der Waals surface area contributed by atoms with Crippen molar-refractivity contribution >= 4 is 5.91 Å². The van der Waals surface area contributed by atoms with Crippen LogP contribution in [0.5, 0.6) is 0 Å². The Hall–Kier alpha value is -0.610. The highest BCUT2D eigenvalue weighted by Crippen LogP contribution is 2.25. The maximum absolute atomic E-state index is 11.7. The van der Waals surface area contributed by atoms with Crippen LogP contribution >= 0.6 is 0 Å². The maximum Gasteiger partial charge on any atom is 0.220 e. The SMILES string of the molecule is CC(O)CNCCNC(=O)CC1CCCCCC1. The predicted molar refractivity (Wildman–Crippen MR) is 73.4 cm³/mol. The molecule has 1 amide bonds. The molecule has 1 aliphatic carbocycles. The molecule has 0 aromatic carbocycles. The van der Waals surface area contributed by atoms with Crippen LogP contribution in [0.15, 0.2) is 0 Å². The van der Waals surface area contributed by atoms with Crippen LogP contribution in [0.4, 0.5) is 0 Å². The van der Waals surface area contributed by atoms with E-state index in [1.807, 2.05) is 0 Å². The second-order valence-electron chi connectivity index (χ2n) is 5.46. The maximum atomic E-state index is 11.7. The Morgan fingerprint density at radius 3 is 2.50 bits per heavy atom. The highest BCUT2D eigenvalue weighted by atomic mass is 16.3. The summed E-state index contributed by atoms with van der Waals surface area (Å²) < 4.78 is 0. The summed E-state index contributed by atoms with van der Waals surface area (Å²) in [6, 6.07) is 0. The smallest absolute Gasteiger partial charge is 0.220 e. The van der Waals surface area contributed by atoms with Crippen LogP contribution in [0.25, 0.3) is 0 Å². The molecule has 4 heteroatoms. The van der Waals surface area contributed by atoms with Crippen LogP contribution < -0.4 is 10.6 Å². The first-order valence-corrected chi connectivity index (χ1v) is 7.34. The fourth-order valence-corrected chi connectivity index (χ4v) is 2.50. The number of aliphatic hydroxyl groups is 1. The van der Waals surface area contributed by atoms with Crippen LogP contribution in [0.2, 0.25) is 0 Å². The largest absolute Gasteiger partial charge is 0.392 e. The molecule has 1 rings (SSSR count). The molecule has 0 bridgehead atoms. The van der Waals surface area contributed by atoms with Crippen LogP contribution in [0.1, 0.15) is 51.9 Å². The van der Waals surface area contributed by atoms with E-state index in [0.717, 1.165) is 6.54 Å². The van der Waals surface area contributed by atoms with Crippen LogP contribution in [0, 0.1) is 5.92 Å². The van der Waals surface area contributed by atoms with Crippen molar-refractivity contribution < 1.29 is 9.90 Å². The standard InChI is InChI=1S/C14H28N2O2/c1-12(17)11-15-8-9-16-14(18)10-13-6-4-2-3-5-7-13/h12-13,15,17H,2-11H2,1H3,(H,16,18). The predicted octanol–water partition coefficient (Wildman–Crippen LogP) is 1.43. The van der Waals surface area contributed by atoms with Crippen molar-refractivity contribution in [3.05, 3.63) is 0 Å². The number of carbonyl (C=O) groups excluding carboxylic acids is 1. The third-order valence-electron chi connectivity index (χ3n) is 3.51. The summed E-state index contributed by atoms with van der Waals surface area (Å²) in [5.41, 5.74) is 0. The van der Waals surface area contributed by atoms with E-state index in [1.165, 1.54) is 38.5 Å². The summed E-state index contributed by atoms with van der Waals surface area (Å²) >= 11 is 0. The van der Waals surface area contributed by atoms with Gasteiger partial charge in [-0.1, -0.05) is 25.7 Å². The van der Waals surface area contributed by atoms with E-state index in [2.05, 4.69) is 10.6 Å². The minimum Gasteiger partial charge on any atom is -0.392 e. The second-order valence-corrected chi connectivity index (χ2v) is 5.46. The lowest BCUT2D eigenvalue weighted by Gasteiger charge is -2.14. The quantitative estimate of drug-likeness (QED) is 0.477. The number of hydrogen-bond acceptors (Lipinski definition) is 3. The van der Waals surface area contributed by atoms with Gasteiger partial charge in [0.25, 0.3) is 0 Å². The van der Waals surface area contributed by atoms with Crippen molar-refractivity contribution in [2.75, 3.05) is 19.6 Å². The van der Waals surface area contributed by atoms with E-state index in [1.54, 1.807) is 6.92 Å². The number of rotatable bonds is 7. The Bertz CT molecular complexity index is 224. The lowest BCUT2D eigenvalue weighted by molar-refractivity contribution is -0.122. The third-order valence-corrected chi connectivity index (χ3v) is 3.51. The monoisotopic (exact) mass is 256 g/mol. The first-order chi connectivity index (χ1) is 8.68. The molecule has 1 atom stereocenters. The molecule has 106 valence electrons. The van der Waals surface area contributed by atoms with Crippen molar-refractivity contribution in [2.24, 2.45) is 5.92 Å². The summed E-state index contributed by atoms with van der Waals surface area (Å²) in [6.45, 7) is 3.70. The zero-order valence-corrected chi connectivity index (χ0v) is 11.6. The van der Waals surface area contributed by atoms with Crippen molar-refractivity contribution in [1.29, 1.82) is 0 Å². The van der Waals surface area contributed by atoms with Crippen LogP contribution in [-0.4, -0.2) is 36.8 Å². The third kappa shape index (κ3) is 7.67. The Kier molecular flexibility index (Phi) is 8.01. The molecule has 0 heterocycles. The van der Waals surface area contributed by atoms with Crippen LogP contribution in [-0.2, 0) is 4.79 Å². The normalized spacial score (nSPS) is 19.2. The lowest BCUT2D eigenvalue weighted by atomic mass is 9.96. The molecule has 1 fully saturated rings. The van der Waals surface area contributed by atoms with Crippen molar-refractivity contribution in [1.82, 2.24) is 10.6 Å². The Balaban J connectivity index is 2.02. The topological polar surface area (TPSA) is 61.4 Å². The summed E-state index contributed by atoms with van der Waals surface area (Å²) in [5, 5.41) is 15.1. The van der Waals surface area contributed by atoms with Crippen molar-refractivity contribution in [3.63, 3.8) is 0 Å². The highest BCUT2D eigenvalue weighted by molar-refractivity contribution is 5.76. The Labute approximate surface area is 111 Å². The molecule has 0 aromatic rings. The average molecular weight is 256 g/mol. The minimum absolute atomic E-state index is 0.181. The van der Waals surface area contributed by atoms with Gasteiger partial charge in [-0.05, 0) is 25.7 Å². The molecule has 1 unspecified atom stereocenters. The van der Waals surface area contributed by atoms with E-state index in [-0.39, 0.29) is 12.0 Å². The van der Waals surface area contributed by atoms with Crippen LogP contribution in [0.3, 0.4) is 0 Å². The van der Waals surface area contributed by atoms with E-state index < -0.39 is 0 Å². The fourth-order valence-electron chi connectivity index (χ4n) is 2.50. The molecule has 3 N–H and O–H groups in total. The molecule has 0 radical (unpaired) electrons. The molecule has 1 aliphatic rings. The van der Waals surface area contributed by atoms with Gasteiger partial charge in [0, 0.05) is 26.1 Å². The van der Waals surface area contributed by atoms with Gasteiger partial charge in [0.1, 0.15) is 0 Å². The summed E-state index contributed by atoms with van der Waals surface area (Å²) in [5.74, 6) is 0.777. The van der Waals surface area contributed by atoms with E-state index in [0.29, 0.717) is 25.4 Å². The van der Waals surface area contributed by atoms with Gasteiger partial charge in [0.2, 0.25) is 5.91 Å². The first-order valence-electron chi connectivity index (χ1n) is 7.34. The van der Waals surface area contributed by atoms with E-state index in [9.17, 15) is 4.79 Å². The molecule has 0 aliphatic heterocycles. The number of hydrogen-bond donors (Lipinski definition) is 3. The molecule has 0 spiro atoms. The summed E-state index contributed by atoms with van der Waals surface area (Å²) in [7, 11) is 0. The Morgan fingerprint density at radius 2 is 1.89 bits per heavy atom. The van der Waals surface area contributed by atoms with E-state index in [4.69, 9.17) is 5.11 Å². The first kappa shape index (κ1) is 15.4. The molecule has 0 saturated heterocycles. The average Bonchev–Trinajstić information content (AvgIpc) is 2.56. The number of aliphatic hydroxyl groups excluding tert-OH is 1. The van der Waals surface area contributed by atoms with Gasteiger partial charge in [-0.2, -0.15) is 0 Å². The molecule has 0 aromatic heterocycles.